The van der Waals surface area contributed by atoms with Gasteiger partial charge in [0, 0.05) is 24.0 Å². The zero-order chi connectivity index (χ0) is 13.9. The van der Waals surface area contributed by atoms with E-state index in [1.165, 1.54) is 10.5 Å². The molecule has 2 unspecified atom stereocenters. The fourth-order valence-corrected chi connectivity index (χ4v) is 4.39. The second-order valence-electron chi connectivity index (χ2n) is 5.60. The fourth-order valence-electron chi connectivity index (χ4n) is 3.12. The first-order valence-corrected chi connectivity index (χ1v) is 8.43. The number of amides is 1. The van der Waals surface area contributed by atoms with Crippen LogP contribution in [0, 0.1) is 0 Å². The predicted octanol–water partition coefficient (Wildman–Crippen LogP) is 2.30. The highest BCUT2D eigenvalue weighted by atomic mass is 32.2. The summed E-state index contributed by atoms with van der Waals surface area (Å²) in [7, 11) is 0. The third kappa shape index (κ3) is 2.72. The Hall–Kier alpha value is -1.00. The Balaban J connectivity index is 1.71. The first-order chi connectivity index (χ1) is 9.79. The van der Waals surface area contributed by atoms with Crippen molar-refractivity contribution in [3.63, 3.8) is 0 Å². The summed E-state index contributed by atoms with van der Waals surface area (Å²) in [6.45, 7) is 5.03. The molecule has 2 atom stereocenters. The number of rotatable bonds is 4. The quantitative estimate of drug-likeness (QED) is 0.923. The molecule has 0 bridgehead atoms. The van der Waals surface area contributed by atoms with Crippen molar-refractivity contribution in [2.75, 3.05) is 19.6 Å². The summed E-state index contributed by atoms with van der Waals surface area (Å²) in [6, 6.07) is 8.80. The van der Waals surface area contributed by atoms with Gasteiger partial charge in [0.2, 0.25) is 5.91 Å². The number of benzene rings is 1. The summed E-state index contributed by atoms with van der Waals surface area (Å²) in [6.07, 6.45) is 3.02. The maximum absolute atomic E-state index is 12.9. The van der Waals surface area contributed by atoms with Crippen LogP contribution >= 0.6 is 11.8 Å². The van der Waals surface area contributed by atoms with E-state index < -0.39 is 0 Å². The van der Waals surface area contributed by atoms with Crippen molar-refractivity contribution < 1.29 is 4.79 Å². The van der Waals surface area contributed by atoms with Crippen LogP contribution in [0.2, 0.25) is 0 Å². The van der Waals surface area contributed by atoms with E-state index >= 15 is 0 Å². The molecule has 0 saturated carbocycles. The lowest BCUT2D eigenvalue weighted by Crippen LogP contribution is -2.46. The molecule has 1 fully saturated rings. The van der Waals surface area contributed by atoms with E-state index in [1.807, 2.05) is 0 Å². The maximum atomic E-state index is 12.9. The van der Waals surface area contributed by atoms with Crippen LogP contribution in [0.4, 0.5) is 0 Å². The van der Waals surface area contributed by atoms with Gasteiger partial charge in [-0.15, -0.1) is 11.8 Å². The van der Waals surface area contributed by atoms with Crippen molar-refractivity contribution in [1.82, 2.24) is 10.2 Å². The van der Waals surface area contributed by atoms with Gasteiger partial charge in [-0.3, -0.25) is 4.79 Å². The van der Waals surface area contributed by atoms with E-state index in [9.17, 15) is 4.79 Å². The van der Waals surface area contributed by atoms with Gasteiger partial charge in [-0.25, -0.2) is 0 Å². The SMILES string of the molecule is CCCN(C(=O)C1Cc2ccccc2S1)C1CCNC1. The third-order valence-electron chi connectivity index (χ3n) is 4.15. The fraction of sp³-hybridized carbons (Fsp3) is 0.562. The molecular formula is C16H22N2OS. The number of carbonyl (C=O) groups is 1. The Labute approximate surface area is 125 Å². The molecule has 2 aliphatic rings. The van der Waals surface area contributed by atoms with Crippen LogP contribution in [-0.4, -0.2) is 41.7 Å². The van der Waals surface area contributed by atoms with Crippen molar-refractivity contribution in [2.45, 2.75) is 42.4 Å². The highest BCUT2D eigenvalue weighted by Crippen LogP contribution is 2.38. The van der Waals surface area contributed by atoms with Crippen LogP contribution in [0.3, 0.4) is 0 Å². The second-order valence-corrected chi connectivity index (χ2v) is 6.84. The van der Waals surface area contributed by atoms with E-state index in [1.54, 1.807) is 11.8 Å². The summed E-state index contributed by atoms with van der Waals surface area (Å²) >= 11 is 1.75. The predicted molar refractivity (Wildman–Crippen MR) is 83.1 cm³/mol. The summed E-state index contributed by atoms with van der Waals surface area (Å²) < 4.78 is 0. The average Bonchev–Trinajstić information content (AvgIpc) is 3.12. The molecule has 0 aliphatic carbocycles. The molecule has 3 nitrogen and oxygen atoms in total. The van der Waals surface area contributed by atoms with Crippen LogP contribution < -0.4 is 5.32 Å². The molecule has 0 aromatic heterocycles. The lowest BCUT2D eigenvalue weighted by molar-refractivity contribution is -0.132. The van der Waals surface area contributed by atoms with E-state index in [0.717, 1.165) is 38.9 Å². The largest absolute Gasteiger partial charge is 0.337 e. The molecule has 2 heterocycles. The molecule has 1 N–H and O–H groups in total. The van der Waals surface area contributed by atoms with E-state index in [0.29, 0.717) is 11.9 Å². The Morgan fingerprint density at radius 1 is 1.45 bits per heavy atom. The number of nitrogens with one attached hydrogen (secondary N) is 1. The summed E-state index contributed by atoms with van der Waals surface area (Å²) in [5.41, 5.74) is 1.33. The van der Waals surface area contributed by atoms with Gasteiger partial charge in [-0.05, 0) is 37.4 Å². The van der Waals surface area contributed by atoms with Gasteiger partial charge in [0.05, 0.1) is 5.25 Å². The van der Waals surface area contributed by atoms with Crippen molar-refractivity contribution in [1.29, 1.82) is 0 Å². The molecule has 108 valence electrons. The first kappa shape index (κ1) is 14.0. The standard InChI is InChI=1S/C16H22N2OS/c1-2-9-18(13-7-8-17-11-13)16(19)15-10-12-5-3-4-6-14(12)20-15/h3-6,13,15,17H,2,7-11H2,1H3. The average molecular weight is 290 g/mol. The number of fused-ring (bicyclic) bond motifs is 1. The van der Waals surface area contributed by atoms with Crippen LogP contribution in [0.25, 0.3) is 0 Å². The van der Waals surface area contributed by atoms with Gasteiger partial charge in [0.25, 0.3) is 0 Å². The summed E-state index contributed by atoms with van der Waals surface area (Å²) in [4.78, 5) is 16.3. The number of hydrogen-bond acceptors (Lipinski definition) is 3. The van der Waals surface area contributed by atoms with Crippen molar-refractivity contribution in [2.24, 2.45) is 0 Å². The van der Waals surface area contributed by atoms with Crippen LogP contribution in [0.5, 0.6) is 0 Å². The highest BCUT2D eigenvalue weighted by Gasteiger charge is 2.34. The lowest BCUT2D eigenvalue weighted by atomic mass is 10.1. The third-order valence-corrected chi connectivity index (χ3v) is 5.45. The molecule has 1 aromatic carbocycles. The molecule has 0 radical (unpaired) electrons. The minimum absolute atomic E-state index is 0.0829. The first-order valence-electron chi connectivity index (χ1n) is 7.55. The van der Waals surface area contributed by atoms with Gasteiger partial charge in [0.15, 0.2) is 0 Å². The lowest BCUT2D eigenvalue weighted by Gasteiger charge is -2.30. The zero-order valence-corrected chi connectivity index (χ0v) is 12.8. The highest BCUT2D eigenvalue weighted by molar-refractivity contribution is 8.01. The molecule has 20 heavy (non-hydrogen) atoms. The Bertz CT molecular complexity index is 460. The van der Waals surface area contributed by atoms with E-state index in [-0.39, 0.29) is 5.25 Å². The Kier molecular flexibility index (Phi) is 4.32. The topological polar surface area (TPSA) is 32.3 Å². The Morgan fingerprint density at radius 2 is 2.30 bits per heavy atom. The second kappa shape index (κ2) is 6.19. The normalized spacial score (nSPS) is 24.6. The smallest absolute Gasteiger partial charge is 0.236 e. The van der Waals surface area contributed by atoms with Crippen molar-refractivity contribution in [3.8, 4) is 0 Å². The summed E-state index contributed by atoms with van der Waals surface area (Å²) in [5, 5.41) is 3.46. The molecule has 1 aromatic rings. The minimum Gasteiger partial charge on any atom is -0.337 e. The van der Waals surface area contributed by atoms with Crippen molar-refractivity contribution in [3.05, 3.63) is 29.8 Å². The monoisotopic (exact) mass is 290 g/mol. The molecule has 3 rings (SSSR count). The van der Waals surface area contributed by atoms with E-state index in [4.69, 9.17) is 0 Å². The molecule has 0 spiro atoms. The van der Waals surface area contributed by atoms with Gasteiger partial charge >= 0.3 is 0 Å². The minimum atomic E-state index is 0.0829. The molecule has 2 aliphatic heterocycles. The zero-order valence-electron chi connectivity index (χ0n) is 12.0. The number of carbonyl (C=O) groups excluding carboxylic acids is 1. The molecule has 1 amide bonds. The van der Waals surface area contributed by atoms with Gasteiger partial charge in [-0.2, -0.15) is 0 Å². The van der Waals surface area contributed by atoms with Gasteiger partial charge < -0.3 is 10.2 Å². The number of thioether (sulfide) groups is 1. The molecule has 4 heteroatoms. The maximum Gasteiger partial charge on any atom is 0.236 e. The summed E-state index contributed by atoms with van der Waals surface area (Å²) in [5.74, 6) is 0.335. The van der Waals surface area contributed by atoms with Crippen LogP contribution in [0.1, 0.15) is 25.3 Å². The molecule has 1 saturated heterocycles. The van der Waals surface area contributed by atoms with Gasteiger partial charge in [0.1, 0.15) is 0 Å². The number of hydrogen-bond donors (Lipinski definition) is 1. The Morgan fingerprint density at radius 3 is 3.00 bits per heavy atom. The van der Waals surface area contributed by atoms with Crippen molar-refractivity contribution >= 4 is 17.7 Å². The van der Waals surface area contributed by atoms with Gasteiger partial charge in [-0.1, -0.05) is 25.1 Å². The molecular weight excluding hydrogens is 268 g/mol. The van der Waals surface area contributed by atoms with E-state index in [2.05, 4.69) is 41.4 Å². The number of nitrogens with zero attached hydrogens (tertiary/aromatic N) is 1. The van der Waals surface area contributed by atoms with Crippen LogP contribution in [0.15, 0.2) is 29.2 Å². The van der Waals surface area contributed by atoms with Crippen LogP contribution in [-0.2, 0) is 11.2 Å².